The molecule has 19 heavy (non-hydrogen) atoms. The number of likely N-dealkylation sites (N-methyl/N-ethyl adjacent to an activating group) is 1. The average molecular weight is 260 g/mol. The Labute approximate surface area is 111 Å². The van der Waals surface area contributed by atoms with Crippen molar-refractivity contribution in [3.63, 3.8) is 0 Å². The van der Waals surface area contributed by atoms with Gasteiger partial charge in [0.2, 0.25) is 0 Å². The molecular formula is C13H16N4O2. The fourth-order valence-electron chi connectivity index (χ4n) is 1.61. The maximum Gasteiger partial charge on any atom is 0.346 e. The highest BCUT2D eigenvalue weighted by Gasteiger charge is 2.13. The molecule has 1 aromatic carbocycles. The van der Waals surface area contributed by atoms with E-state index in [1.165, 1.54) is 15.9 Å². The summed E-state index contributed by atoms with van der Waals surface area (Å²) in [6.07, 6.45) is 1.38. The number of benzene rings is 1. The molecule has 2 rings (SSSR count). The number of amides is 1. The number of aryl methyl sites for hydroxylation is 1. The third kappa shape index (κ3) is 2.97. The van der Waals surface area contributed by atoms with Gasteiger partial charge in [0.15, 0.2) is 5.82 Å². The van der Waals surface area contributed by atoms with Gasteiger partial charge in [-0.1, -0.05) is 29.8 Å². The quantitative estimate of drug-likeness (QED) is 0.898. The van der Waals surface area contributed by atoms with E-state index in [0.717, 1.165) is 11.1 Å². The van der Waals surface area contributed by atoms with Crippen LogP contribution < -0.4 is 0 Å². The van der Waals surface area contributed by atoms with Crippen LogP contribution in [0, 0.1) is 6.92 Å². The molecule has 0 saturated carbocycles. The zero-order valence-electron chi connectivity index (χ0n) is 10.9. The van der Waals surface area contributed by atoms with E-state index in [4.69, 9.17) is 5.11 Å². The molecule has 6 heteroatoms. The predicted molar refractivity (Wildman–Crippen MR) is 70.7 cm³/mol. The Hall–Kier alpha value is -2.21. The van der Waals surface area contributed by atoms with Crippen molar-refractivity contribution in [3.8, 4) is 11.4 Å². The Bertz CT molecular complexity index is 562. The Morgan fingerprint density at radius 2 is 2.05 bits per heavy atom. The molecule has 6 nitrogen and oxygen atoms in total. The van der Waals surface area contributed by atoms with Crippen LogP contribution in [0.3, 0.4) is 0 Å². The van der Waals surface area contributed by atoms with Crippen molar-refractivity contribution < 1.29 is 9.90 Å². The molecule has 0 bridgehead atoms. The minimum atomic E-state index is -0.320. The lowest BCUT2D eigenvalue weighted by Gasteiger charge is -2.14. The van der Waals surface area contributed by atoms with E-state index in [1.807, 2.05) is 31.2 Å². The van der Waals surface area contributed by atoms with Crippen LogP contribution in [0.15, 0.2) is 30.6 Å². The van der Waals surface area contributed by atoms with Gasteiger partial charge in [0.1, 0.15) is 6.33 Å². The van der Waals surface area contributed by atoms with Crippen molar-refractivity contribution in [2.75, 3.05) is 20.2 Å². The molecule has 0 saturated heterocycles. The van der Waals surface area contributed by atoms with E-state index < -0.39 is 0 Å². The topological polar surface area (TPSA) is 71.2 Å². The van der Waals surface area contributed by atoms with Gasteiger partial charge < -0.3 is 10.0 Å². The molecule has 0 radical (unpaired) electrons. The molecule has 1 aromatic heterocycles. The van der Waals surface area contributed by atoms with Crippen LogP contribution in [0.4, 0.5) is 4.79 Å². The number of aliphatic hydroxyl groups is 1. The lowest BCUT2D eigenvalue weighted by atomic mass is 10.1. The highest BCUT2D eigenvalue weighted by atomic mass is 16.3. The predicted octanol–water partition coefficient (Wildman–Crippen LogP) is 1.15. The van der Waals surface area contributed by atoms with Crippen molar-refractivity contribution in [2.24, 2.45) is 0 Å². The summed E-state index contributed by atoms with van der Waals surface area (Å²) in [7, 11) is 1.60. The number of carbonyl (C=O) groups is 1. The lowest BCUT2D eigenvalue weighted by Crippen LogP contribution is -2.33. The fraction of sp³-hybridized carbons (Fsp3) is 0.308. The maximum absolute atomic E-state index is 11.9. The average Bonchev–Trinajstić information content (AvgIpc) is 2.88. The second kappa shape index (κ2) is 5.62. The first-order chi connectivity index (χ1) is 9.11. The van der Waals surface area contributed by atoms with Gasteiger partial charge in [-0.2, -0.15) is 4.68 Å². The molecule has 0 atom stereocenters. The minimum absolute atomic E-state index is 0.0816. The maximum atomic E-state index is 11.9. The van der Waals surface area contributed by atoms with Crippen LogP contribution in [0.25, 0.3) is 11.4 Å². The van der Waals surface area contributed by atoms with Crippen molar-refractivity contribution in [1.29, 1.82) is 0 Å². The van der Waals surface area contributed by atoms with Crippen LogP contribution >= 0.6 is 0 Å². The van der Waals surface area contributed by atoms with E-state index in [0.29, 0.717) is 5.82 Å². The third-order valence-corrected chi connectivity index (χ3v) is 2.76. The Kier molecular flexibility index (Phi) is 3.91. The zero-order chi connectivity index (χ0) is 13.8. The molecule has 0 unspecified atom stereocenters. The first kappa shape index (κ1) is 13.2. The molecule has 0 aliphatic carbocycles. The number of carbonyl (C=O) groups excluding carboxylic acids is 1. The second-order valence-corrected chi connectivity index (χ2v) is 4.31. The van der Waals surface area contributed by atoms with E-state index >= 15 is 0 Å². The van der Waals surface area contributed by atoms with Gasteiger partial charge >= 0.3 is 6.03 Å². The number of hydrogen-bond acceptors (Lipinski definition) is 4. The van der Waals surface area contributed by atoms with Gasteiger partial charge in [0, 0.05) is 19.2 Å². The third-order valence-electron chi connectivity index (χ3n) is 2.76. The van der Waals surface area contributed by atoms with Crippen molar-refractivity contribution in [3.05, 3.63) is 36.2 Å². The molecule has 1 heterocycles. The molecule has 0 fully saturated rings. The Morgan fingerprint density at radius 1 is 1.37 bits per heavy atom. The van der Waals surface area contributed by atoms with Crippen molar-refractivity contribution in [2.45, 2.75) is 6.92 Å². The van der Waals surface area contributed by atoms with Crippen LogP contribution in [-0.4, -0.2) is 51.0 Å². The summed E-state index contributed by atoms with van der Waals surface area (Å²) in [5.74, 6) is 0.505. The van der Waals surface area contributed by atoms with Crippen molar-refractivity contribution in [1.82, 2.24) is 19.7 Å². The SMILES string of the molecule is Cc1ccc(-c2ncn(C(=O)N(C)CCO)n2)cc1. The van der Waals surface area contributed by atoms with E-state index in [-0.39, 0.29) is 19.2 Å². The molecule has 2 aromatic rings. The normalized spacial score (nSPS) is 10.5. The van der Waals surface area contributed by atoms with E-state index in [9.17, 15) is 4.79 Å². The molecule has 0 aliphatic heterocycles. The number of nitrogens with zero attached hydrogens (tertiary/aromatic N) is 4. The number of aliphatic hydroxyl groups excluding tert-OH is 1. The van der Waals surface area contributed by atoms with Crippen LogP contribution in [0.1, 0.15) is 5.56 Å². The number of hydrogen-bond donors (Lipinski definition) is 1. The minimum Gasteiger partial charge on any atom is -0.395 e. The van der Waals surface area contributed by atoms with Crippen LogP contribution in [-0.2, 0) is 0 Å². The number of aromatic nitrogens is 3. The second-order valence-electron chi connectivity index (χ2n) is 4.31. The Balaban J connectivity index is 2.19. The van der Waals surface area contributed by atoms with Gasteiger partial charge in [0.05, 0.1) is 6.61 Å². The number of rotatable bonds is 3. The summed E-state index contributed by atoms with van der Waals surface area (Å²) in [6, 6.07) is 7.44. The van der Waals surface area contributed by atoms with Gasteiger partial charge in [-0.25, -0.2) is 9.78 Å². The molecule has 100 valence electrons. The first-order valence-electron chi connectivity index (χ1n) is 5.97. The van der Waals surface area contributed by atoms with Gasteiger partial charge in [0.25, 0.3) is 0 Å². The zero-order valence-corrected chi connectivity index (χ0v) is 10.9. The molecule has 1 N–H and O–H groups in total. The summed E-state index contributed by atoms with van der Waals surface area (Å²) in [5.41, 5.74) is 2.02. The summed E-state index contributed by atoms with van der Waals surface area (Å²) in [5, 5.41) is 12.9. The lowest BCUT2D eigenvalue weighted by molar-refractivity contribution is 0.189. The standard InChI is InChI=1S/C13H16N4O2/c1-10-3-5-11(6-4-10)12-14-9-17(15-12)13(19)16(2)7-8-18/h3-6,9,18H,7-8H2,1-2H3. The molecular weight excluding hydrogens is 244 g/mol. The summed E-state index contributed by atoms with van der Waals surface area (Å²) in [6.45, 7) is 2.18. The monoisotopic (exact) mass is 260 g/mol. The van der Waals surface area contributed by atoms with Gasteiger partial charge in [-0.3, -0.25) is 0 Å². The molecule has 0 spiro atoms. The van der Waals surface area contributed by atoms with Crippen LogP contribution in [0.5, 0.6) is 0 Å². The summed E-state index contributed by atoms with van der Waals surface area (Å²) >= 11 is 0. The highest BCUT2D eigenvalue weighted by molar-refractivity contribution is 5.75. The fourth-order valence-corrected chi connectivity index (χ4v) is 1.61. The largest absolute Gasteiger partial charge is 0.395 e. The highest BCUT2D eigenvalue weighted by Crippen LogP contribution is 2.14. The molecule has 1 amide bonds. The van der Waals surface area contributed by atoms with E-state index in [2.05, 4.69) is 10.1 Å². The van der Waals surface area contributed by atoms with Crippen molar-refractivity contribution >= 4 is 6.03 Å². The Morgan fingerprint density at radius 3 is 2.68 bits per heavy atom. The van der Waals surface area contributed by atoms with Crippen LogP contribution in [0.2, 0.25) is 0 Å². The van der Waals surface area contributed by atoms with Gasteiger partial charge in [-0.05, 0) is 6.92 Å². The van der Waals surface area contributed by atoms with E-state index in [1.54, 1.807) is 7.05 Å². The first-order valence-corrected chi connectivity index (χ1v) is 5.97. The molecule has 0 aliphatic rings. The summed E-state index contributed by atoms with van der Waals surface area (Å²) < 4.78 is 1.17. The summed E-state index contributed by atoms with van der Waals surface area (Å²) in [4.78, 5) is 17.4. The smallest absolute Gasteiger partial charge is 0.346 e. The van der Waals surface area contributed by atoms with Gasteiger partial charge in [-0.15, -0.1) is 5.10 Å².